The van der Waals surface area contributed by atoms with Gasteiger partial charge in [0.05, 0.1) is 5.69 Å². The molecular formula is C12H11FN4O2. The first-order chi connectivity index (χ1) is 9.15. The van der Waals surface area contributed by atoms with Crippen molar-refractivity contribution in [2.45, 2.75) is 6.29 Å². The second-order valence-corrected chi connectivity index (χ2v) is 3.34. The van der Waals surface area contributed by atoms with E-state index in [4.69, 9.17) is 20.0 Å². The topological polar surface area (TPSA) is 90.4 Å². The zero-order valence-corrected chi connectivity index (χ0v) is 10.3. The van der Waals surface area contributed by atoms with Gasteiger partial charge in [-0.2, -0.15) is 15.6 Å². The SMILES string of the molecule is COC(OC)c1ccc(NN=C(C#N)C#N)c(F)c1. The third kappa shape index (κ3) is 3.75. The summed E-state index contributed by atoms with van der Waals surface area (Å²) in [4.78, 5) is 0. The van der Waals surface area contributed by atoms with Gasteiger partial charge in [0.1, 0.15) is 18.0 Å². The van der Waals surface area contributed by atoms with Crippen LogP contribution in [0.3, 0.4) is 0 Å². The van der Waals surface area contributed by atoms with Crippen molar-refractivity contribution in [2.24, 2.45) is 5.10 Å². The molecule has 0 aliphatic heterocycles. The van der Waals surface area contributed by atoms with Gasteiger partial charge in [-0.3, -0.25) is 5.43 Å². The van der Waals surface area contributed by atoms with Crippen LogP contribution >= 0.6 is 0 Å². The quantitative estimate of drug-likeness (QED) is 0.497. The van der Waals surface area contributed by atoms with Gasteiger partial charge in [-0.1, -0.05) is 6.07 Å². The van der Waals surface area contributed by atoms with Crippen LogP contribution in [0.15, 0.2) is 23.3 Å². The fraction of sp³-hybridized carbons (Fsp3) is 0.250. The van der Waals surface area contributed by atoms with Crippen LogP contribution < -0.4 is 5.43 Å². The lowest BCUT2D eigenvalue weighted by atomic mass is 10.2. The molecule has 0 spiro atoms. The summed E-state index contributed by atoms with van der Waals surface area (Å²) in [6.45, 7) is 0. The number of hydrazone groups is 1. The normalized spacial score (nSPS) is 9.58. The number of nitriles is 2. The van der Waals surface area contributed by atoms with Crippen molar-refractivity contribution >= 4 is 11.4 Å². The second kappa shape index (κ2) is 7.07. The molecule has 0 aliphatic carbocycles. The molecule has 0 bridgehead atoms. The van der Waals surface area contributed by atoms with Gasteiger partial charge >= 0.3 is 0 Å². The second-order valence-electron chi connectivity index (χ2n) is 3.34. The van der Waals surface area contributed by atoms with Crippen molar-refractivity contribution in [2.75, 3.05) is 19.6 Å². The molecule has 0 amide bonds. The number of anilines is 1. The average Bonchev–Trinajstić information content (AvgIpc) is 2.43. The molecule has 0 aromatic heterocycles. The van der Waals surface area contributed by atoms with E-state index in [1.165, 1.54) is 26.4 Å². The van der Waals surface area contributed by atoms with Gasteiger partial charge in [-0.05, 0) is 12.1 Å². The molecule has 0 unspecified atom stereocenters. The van der Waals surface area contributed by atoms with Crippen LogP contribution in [0.1, 0.15) is 11.9 Å². The number of ether oxygens (including phenoxy) is 2. The molecule has 98 valence electrons. The largest absolute Gasteiger partial charge is 0.352 e. The first-order valence-corrected chi connectivity index (χ1v) is 5.15. The van der Waals surface area contributed by atoms with Crippen LogP contribution in [0, 0.1) is 28.5 Å². The van der Waals surface area contributed by atoms with Crippen molar-refractivity contribution in [1.29, 1.82) is 10.5 Å². The number of hydrogen-bond donors (Lipinski definition) is 1. The molecule has 7 heteroatoms. The standard InChI is InChI=1S/C12H11FN4O2/c1-18-12(19-2)8-3-4-11(10(13)5-8)17-16-9(6-14)7-15/h3-5,12,17H,1-2H3. The Kier molecular flexibility index (Phi) is 5.42. The van der Waals surface area contributed by atoms with E-state index in [2.05, 4.69) is 10.5 Å². The summed E-state index contributed by atoms with van der Waals surface area (Å²) in [6, 6.07) is 7.31. The third-order valence-electron chi connectivity index (χ3n) is 2.19. The molecule has 0 radical (unpaired) electrons. The fourth-order valence-corrected chi connectivity index (χ4v) is 1.33. The number of hydrogen-bond acceptors (Lipinski definition) is 6. The minimum absolute atomic E-state index is 0.0395. The maximum absolute atomic E-state index is 13.7. The summed E-state index contributed by atoms with van der Waals surface area (Å²) in [7, 11) is 2.88. The van der Waals surface area contributed by atoms with E-state index in [0.29, 0.717) is 5.56 Å². The maximum Gasteiger partial charge on any atom is 0.237 e. The Hall–Kier alpha value is -2.48. The molecule has 0 atom stereocenters. The van der Waals surface area contributed by atoms with Crippen LogP contribution in [0.2, 0.25) is 0 Å². The maximum atomic E-state index is 13.7. The van der Waals surface area contributed by atoms with Crippen LogP contribution in [0.5, 0.6) is 0 Å². The van der Waals surface area contributed by atoms with E-state index in [1.807, 2.05) is 0 Å². The van der Waals surface area contributed by atoms with Gasteiger partial charge in [-0.15, -0.1) is 0 Å². The van der Waals surface area contributed by atoms with Gasteiger partial charge in [0, 0.05) is 19.8 Å². The minimum atomic E-state index is -0.666. The van der Waals surface area contributed by atoms with Crippen LogP contribution in [-0.2, 0) is 9.47 Å². The predicted octanol–water partition coefficient (Wildman–Crippen LogP) is 1.93. The molecule has 0 saturated heterocycles. The van der Waals surface area contributed by atoms with Crippen molar-refractivity contribution < 1.29 is 13.9 Å². The van der Waals surface area contributed by atoms with E-state index >= 15 is 0 Å². The highest BCUT2D eigenvalue weighted by molar-refractivity contribution is 6.10. The zero-order chi connectivity index (χ0) is 14.3. The molecule has 1 N–H and O–H groups in total. The fourth-order valence-electron chi connectivity index (χ4n) is 1.33. The summed E-state index contributed by atoms with van der Waals surface area (Å²) in [6.07, 6.45) is -0.666. The number of methoxy groups -OCH3 is 2. The van der Waals surface area contributed by atoms with Crippen LogP contribution in [-0.4, -0.2) is 19.9 Å². The third-order valence-corrected chi connectivity index (χ3v) is 2.19. The number of halogens is 1. The number of nitrogens with one attached hydrogen (secondary N) is 1. The van der Waals surface area contributed by atoms with E-state index in [-0.39, 0.29) is 5.69 Å². The number of benzene rings is 1. The monoisotopic (exact) mass is 262 g/mol. The summed E-state index contributed by atoms with van der Waals surface area (Å²) >= 11 is 0. The molecule has 1 aromatic rings. The molecule has 6 nitrogen and oxygen atoms in total. The highest BCUT2D eigenvalue weighted by Gasteiger charge is 2.11. The highest BCUT2D eigenvalue weighted by Crippen LogP contribution is 2.22. The average molecular weight is 262 g/mol. The molecule has 0 heterocycles. The Balaban J connectivity index is 2.93. The van der Waals surface area contributed by atoms with Gasteiger partial charge in [0.2, 0.25) is 5.71 Å². The van der Waals surface area contributed by atoms with Crippen molar-refractivity contribution in [3.05, 3.63) is 29.6 Å². The van der Waals surface area contributed by atoms with E-state index in [0.717, 1.165) is 0 Å². The predicted molar refractivity (Wildman–Crippen MR) is 65.4 cm³/mol. The molecule has 0 aliphatic rings. The molecule has 0 saturated carbocycles. The minimum Gasteiger partial charge on any atom is -0.352 e. The van der Waals surface area contributed by atoms with E-state index < -0.39 is 17.8 Å². The van der Waals surface area contributed by atoms with Crippen LogP contribution in [0.4, 0.5) is 10.1 Å². The first kappa shape index (κ1) is 14.6. The summed E-state index contributed by atoms with van der Waals surface area (Å²) < 4.78 is 23.7. The Morgan fingerprint density at radius 1 is 1.32 bits per heavy atom. The van der Waals surface area contributed by atoms with Crippen LogP contribution in [0.25, 0.3) is 0 Å². The van der Waals surface area contributed by atoms with Crippen molar-refractivity contribution in [1.82, 2.24) is 0 Å². The summed E-state index contributed by atoms with van der Waals surface area (Å²) in [5.41, 5.74) is 2.45. The van der Waals surface area contributed by atoms with Crippen molar-refractivity contribution in [3.8, 4) is 12.1 Å². The molecule has 1 rings (SSSR count). The van der Waals surface area contributed by atoms with Gasteiger partial charge in [0.15, 0.2) is 6.29 Å². The van der Waals surface area contributed by atoms with E-state index in [9.17, 15) is 4.39 Å². The zero-order valence-electron chi connectivity index (χ0n) is 10.3. The molecule has 0 fully saturated rings. The number of rotatable bonds is 5. The molecule has 1 aromatic carbocycles. The summed E-state index contributed by atoms with van der Waals surface area (Å²) in [5, 5.41) is 20.4. The molecular weight excluding hydrogens is 251 g/mol. The summed E-state index contributed by atoms with van der Waals surface area (Å²) in [5.74, 6) is -0.601. The Morgan fingerprint density at radius 3 is 2.42 bits per heavy atom. The Morgan fingerprint density at radius 2 is 1.95 bits per heavy atom. The lowest BCUT2D eigenvalue weighted by molar-refractivity contribution is -0.106. The lowest BCUT2D eigenvalue weighted by Crippen LogP contribution is -2.05. The number of nitrogens with zero attached hydrogens (tertiary/aromatic N) is 3. The Bertz CT molecular complexity index is 540. The lowest BCUT2D eigenvalue weighted by Gasteiger charge is -2.14. The van der Waals surface area contributed by atoms with Crippen molar-refractivity contribution in [3.63, 3.8) is 0 Å². The first-order valence-electron chi connectivity index (χ1n) is 5.15. The highest BCUT2D eigenvalue weighted by atomic mass is 19.1. The van der Waals surface area contributed by atoms with Gasteiger partial charge < -0.3 is 9.47 Å². The molecule has 19 heavy (non-hydrogen) atoms. The smallest absolute Gasteiger partial charge is 0.237 e. The van der Waals surface area contributed by atoms with E-state index in [1.54, 1.807) is 18.2 Å². The Labute approximate surface area is 109 Å². The van der Waals surface area contributed by atoms with Gasteiger partial charge in [0.25, 0.3) is 0 Å². The van der Waals surface area contributed by atoms with Gasteiger partial charge in [-0.25, -0.2) is 4.39 Å².